The molecule has 0 bridgehead atoms. The van der Waals surface area contributed by atoms with E-state index in [1.807, 2.05) is 17.5 Å². The number of nitrogens with zero attached hydrogens (tertiary/aromatic N) is 2. The summed E-state index contributed by atoms with van der Waals surface area (Å²) in [5.74, 6) is 0.869. The Kier molecular flexibility index (Phi) is 4.15. The Morgan fingerprint density at radius 3 is 2.67 bits per heavy atom. The number of hydrogen-bond acceptors (Lipinski definition) is 7. The fourth-order valence-corrected chi connectivity index (χ4v) is 4.35. The van der Waals surface area contributed by atoms with Gasteiger partial charge in [-0.2, -0.15) is 0 Å². The molecular weight excluding hydrogens is 330 g/mol. The summed E-state index contributed by atoms with van der Waals surface area (Å²) in [5.41, 5.74) is 0. The van der Waals surface area contributed by atoms with Crippen LogP contribution in [-0.4, -0.2) is 25.2 Å². The van der Waals surface area contributed by atoms with Gasteiger partial charge in [-0.1, -0.05) is 12.1 Å². The van der Waals surface area contributed by atoms with Crippen LogP contribution in [0.25, 0.3) is 10.8 Å². The zero-order valence-corrected chi connectivity index (χ0v) is 13.2. The van der Waals surface area contributed by atoms with Crippen LogP contribution in [0.2, 0.25) is 0 Å². The molecule has 3 rings (SSSR count). The number of nitrogens with one attached hydrogen (secondary N) is 1. The number of rotatable bonds is 6. The first-order chi connectivity index (χ1) is 10.1. The largest absolute Gasteiger partial charge is 0.420 e. The van der Waals surface area contributed by atoms with Crippen molar-refractivity contribution in [2.24, 2.45) is 0 Å². The molecule has 9 heteroatoms. The normalized spacial score (nSPS) is 11.8. The van der Waals surface area contributed by atoms with Crippen LogP contribution in [-0.2, 0) is 16.4 Å². The number of hydrogen-bond donors (Lipinski definition) is 1. The molecule has 0 atom stereocenters. The second-order valence-corrected chi connectivity index (χ2v) is 7.95. The highest BCUT2D eigenvalue weighted by atomic mass is 32.2. The van der Waals surface area contributed by atoms with Gasteiger partial charge in [0, 0.05) is 13.0 Å². The molecule has 3 aromatic heterocycles. The van der Waals surface area contributed by atoms with E-state index in [9.17, 15) is 8.42 Å². The molecule has 0 radical (unpaired) electrons. The Balaban J connectivity index is 1.59. The van der Waals surface area contributed by atoms with Gasteiger partial charge in [0.25, 0.3) is 5.89 Å². The van der Waals surface area contributed by atoms with Gasteiger partial charge in [-0.15, -0.1) is 32.9 Å². The van der Waals surface area contributed by atoms with E-state index in [0.717, 1.165) is 4.88 Å². The molecule has 0 saturated carbocycles. The summed E-state index contributed by atoms with van der Waals surface area (Å²) in [6.45, 7) is 0.215. The van der Waals surface area contributed by atoms with Crippen LogP contribution >= 0.6 is 22.7 Å². The van der Waals surface area contributed by atoms with Crippen LogP contribution in [0.5, 0.6) is 0 Å². The summed E-state index contributed by atoms with van der Waals surface area (Å²) in [7, 11) is -3.44. The van der Waals surface area contributed by atoms with Crippen molar-refractivity contribution in [2.75, 3.05) is 6.54 Å². The standard InChI is InChI=1S/C12H11N3O3S3/c16-21(17,11-4-2-8-20-11)13-6-5-10-14-15-12(18-10)9-3-1-7-19-9/h1-4,7-8,13H,5-6H2. The Morgan fingerprint density at radius 1 is 1.14 bits per heavy atom. The minimum absolute atomic E-state index is 0.215. The van der Waals surface area contributed by atoms with Crippen molar-refractivity contribution in [1.29, 1.82) is 0 Å². The first kappa shape index (κ1) is 14.4. The molecule has 6 nitrogen and oxygen atoms in total. The lowest BCUT2D eigenvalue weighted by Crippen LogP contribution is -2.25. The minimum atomic E-state index is -3.44. The molecule has 0 spiro atoms. The highest BCUT2D eigenvalue weighted by Crippen LogP contribution is 2.23. The van der Waals surface area contributed by atoms with Gasteiger partial charge in [-0.25, -0.2) is 13.1 Å². The molecule has 0 amide bonds. The van der Waals surface area contributed by atoms with E-state index >= 15 is 0 Å². The van der Waals surface area contributed by atoms with Gasteiger partial charge < -0.3 is 4.42 Å². The quantitative estimate of drug-likeness (QED) is 0.744. The summed E-state index contributed by atoms with van der Waals surface area (Å²) in [5, 5.41) is 11.5. The van der Waals surface area contributed by atoms with E-state index in [2.05, 4.69) is 14.9 Å². The van der Waals surface area contributed by atoms with E-state index in [1.54, 1.807) is 17.5 Å². The van der Waals surface area contributed by atoms with Gasteiger partial charge in [0.05, 0.1) is 4.88 Å². The number of aromatic nitrogens is 2. The maximum atomic E-state index is 11.9. The molecule has 0 saturated heterocycles. The molecule has 0 aromatic carbocycles. The Hall–Kier alpha value is -1.55. The molecule has 1 N–H and O–H groups in total. The van der Waals surface area contributed by atoms with Crippen LogP contribution in [0.3, 0.4) is 0 Å². The van der Waals surface area contributed by atoms with Crippen molar-refractivity contribution in [3.05, 3.63) is 40.9 Å². The summed E-state index contributed by atoms with van der Waals surface area (Å²) in [6.07, 6.45) is 0.350. The smallest absolute Gasteiger partial charge is 0.257 e. The van der Waals surface area contributed by atoms with Crippen LogP contribution in [0.4, 0.5) is 0 Å². The van der Waals surface area contributed by atoms with E-state index in [4.69, 9.17) is 4.42 Å². The first-order valence-corrected chi connectivity index (χ1v) is 9.29. The fraction of sp³-hybridized carbons (Fsp3) is 0.167. The zero-order valence-electron chi connectivity index (χ0n) is 10.7. The third-order valence-corrected chi connectivity index (χ3v) is 6.31. The molecule has 3 aromatic rings. The maximum Gasteiger partial charge on any atom is 0.257 e. The molecule has 21 heavy (non-hydrogen) atoms. The van der Waals surface area contributed by atoms with Crippen molar-refractivity contribution in [2.45, 2.75) is 10.6 Å². The SMILES string of the molecule is O=S(=O)(NCCc1nnc(-c2cccs2)o1)c1cccs1. The Labute approximate surface area is 129 Å². The summed E-state index contributed by atoms with van der Waals surface area (Å²) < 4.78 is 32.1. The summed E-state index contributed by atoms with van der Waals surface area (Å²) in [4.78, 5) is 0.896. The molecule has 0 aliphatic carbocycles. The van der Waals surface area contributed by atoms with Gasteiger partial charge >= 0.3 is 0 Å². The second-order valence-electron chi connectivity index (χ2n) is 4.06. The predicted octanol–water partition coefficient (Wildman–Crippen LogP) is 2.38. The van der Waals surface area contributed by atoms with Crippen LogP contribution in [0, 0.1) is 0 Å². The molecule has 110 valence electrons. The second kappa shape index (κ2) is 6.06. The van der Waals surface area contributed by atoms with Gasteiger partial charge in [0.2, 0.25) is 15.9 Å². The molecule has 0 unspecified atom stereocenters. The highest BCUT2D eigenvalue weighted by molar-refractivity contribution is 7.91. The van der Waals surface area contributed by atoms with Crippen molar-refractivity contribution in [1.82, 2.24) is 14.9 Å². The lowest BCUT2D eigenvalue weighted by Gasteiger charge is -2.02. The van der Waals surface area contributed by atoms with E-state index < -0.39 is 10.0 Å². The Bertz CT molecular complexity index is 792. The molecule has 0 fully saturated rings. The average molecular weight is 341 g/mol. The Morgan fingerprint density at radius 2 is 1.95 bits per heavy atom. The van der Waals surface area contributed by atoms with Crippen molar-refractivity contribution < 1.29 is 12.8 Å². The summed E-state index contributed by atoms with van der Waals surface area (Å²) in [6, 6.07) is 7.06. The maximum absolute atomic E-state index is 11.9. The van der Waals surface area contributed by atoms with Crippen LogP contribution < -0.4 is 4.72 Å². The van der Waals surface area contributed by atoms with E-state index in [0.29, 0.717) is 22.4 Å². The molecule has 0 aliphatic heterocycles. The van der Waals surface area contributed by atoms with Crippen LogP contribution in [0.15, 0.2) is 43.7 Å². The number of thiophene rings is 2. The fourth-order valence-electron chi connectivity index (χ4n) is 1.63. The zero-order chi connectivity index (χ0) is 14.7. The lowest BCUT2D eigenvalue weighted by atomic mass is 10.4. The van der Waals surface area contributed by atoms with Crippen molar-refractivity contribution >= 4 is 32.7 Å². The predicted molar refractivity (Wildman–Crippen MR) is 80.8 cm³/mol. The number of sulfonamides is 1. The first-order valence-electron chi connectivity index (χ1n) is 6.04. The van der Waals surface area contributed by atoms with Gasteiger partial charge in [0.1, 0.15) is 4.21 Å². The van der Waals surface area contributed by atoms with Crippen molar-refractivity contribution in [3.63, 3.8) is 0 Å². The molecule has 3 heterocycles. The third kappa shape index (κ3) is 3.38. The van der Waals surface area contributed by atoms with Crippen molar-refractivity contribution in [3.8, 4) is 10.8 Å². The average Bonchev–Trinajstić information content (AvgIpc) is 3.20. The summed E-state index contributed by atoms with van der Waals surface area (Å²) >= 11 is 2.69. The third-order valence-electron chi connectivity index (χ3n) is 2.59. The highest BCUT2D eigenvalue weighted by Gasteiger charge is 2.15. The monoisotopic (exact) mass is 341 g/mol. The van der Waals surface area contributed by atoms with Gasteiger partial charge in [0.15, 0.2) is 0 Å². The van der Waals surface area contributed by atoms with Gasteiger partial charge in [-0.3, -0.25) is 0 Å². The van der Waals surface area contributed by atoms with E-state index in [1.165, 1.54) is 22.7 Å². The van der Waals surface area contributed by atoms with Crippen LogP contribution in [0.1, 0.15) is 5.89 Å². The molecule has 0 aliphatic rings. The lowest BCUT2D eigenvalue weighted by molar-refractivity contribution is 0.503. The molecular formula is C12H11N3O3S3. The minimum Gasteiger partial charge on any atom is -0.420 e. The van der Waals surface area contributed by atoms with E-state index in [-0.39, 0.29) is 6.54 Å². The topological polar surface area (TPSA) is 85.1 Å². The van der Waals surface area contributed by atoms with Gasteiger partial charge in [-0.05, 0) is 22.9 Å².